The van der Waals surface area contributed by atoms with Crippen LogP contribution in [0.4, 0.5) is 5.69 Å². The van der Waals surface area contributed by atoms with Crippen molar-refractivity contribution < 1.29 is 9.63 Å². The van der Waals surface area contributed by atoms with Gasteiger partial charge in [0.2, 0.25) is 0 Å². The number of hydrogen-bond acceptors (Lipinski definition) is 4. The quantitative estimate of drug-likeness (QED) is 0.658. The van der Waals surface area contributed by atoms with Crippen molar-refractivity contribution in [1.82, 2.24) is 0 Å². The smallest absolute Gasteiger partial charge is 0.265 e. The average Bonchev–Trinajstić information content (AvgIpc) is 2.54. The van der Waals surface area contributed by atoms with Crippen LogP contribution in [0.5, 0.6) is 0 Å². The van der Waals surface area contributed by atoms with Crippen molar-refractivity contribution in [3.63, 3.8) is 0 Å². The Bertz CT molecular complexity index is 721. The second-order valence-electron chi connectivity index (χ2n) is 4.27. The van der Waals surface area contributed by atoms with Gasteiger partial charge in [-0.25, -0.2) is 0 Å². The fourth-order valence-electron chi connectivity index (χ4n) is 1.59. The molecule has 110 valence electrons. The minimum atomic E-state index is -0.325. The first-order chi connectivity index (χ1) is 10.7. The summed E-state index contributed by atoms with van der Waals surface area (Å²) < 4.78 is 0.893. The molecule has 0 aliphatic rings. The second-order valence-corrected chi connectivity index (χ2v) is 5.12. The molecule has 0 heterocycles. The number of carbonyl (C=O) groups is 1. The van der Waals surface area contributed by atoms with Crippen LogP contribution in [0.15, 0.2) is 58.2 Å². The Morgan fingerprint density at radius 1 is 1.27 bits per heavy atom. The lowest BCUT2D eigenvalue weighted by Crippen LogP contribution is -2.16. The summed E-state index contributed by atoms with van der Waals surface area (Å²) in [4.78, 5) is 16.6. The van der Waals surface area contributed by atoms with E-state index < -0.39 is 0 Å². The van der Waals surface area contributed by atoms with Crippen LogP contribution in [-0.2, 0) is 9.63 Å². The minimum Gasteiger partial charge on any atom is -0.386 e. The molecule has 0 saturated carbocycles. The summed E-state index contributed by atoms with van der Waals surface area (Å²) in [7, 11) is 0. The van der Waals surface area contributed by atoms with Gasteiger partial charge in [0.05, 0.1) is 17.8 Å². The number of nitriles is 1. The lowest BCUT2D eigenvalue weighted by Gasteiger charge is -2.04. The average molecular weight is 358 g/mol. The molecule has 0 bridgehead atoms. The Labute approximate surface area is 136 Å². The van der Waals surface area contributed by atoms with E-state index in [1.54, 1.807) is 24.3 Å². The van der Waals surface area contributed by atoms with Crippen molar-refractivity contribution in [3.8, 4) is 6.07 Å². The van der Waals surface area contributed by atoms with Gasteiger partial charge in [-0.15, -0.1) is 0 Å². The molecule has 0 atom stereocenters. The minimum absolute atomic E-state index is 0.193. The maximum atomic E-state index is 11.7. The molecule has 1 amide bonds. The van der Waals surface area contributed by atoms with E-state index in [-0.39, 0.29) is 12.5 Å². The van der Waals surface area contributed by atoms with Crippen molar-refractivity contribution >= 4 is 33.7 Å². The molecular formula is C16H12BrN3O2. The van der Waals surface area contributed by atoms with Crippen LogP contribution in [0.25, 0.3) is 0 Å². The molecule has 1 N–H and O–H groups in total. The van der Waals surface area contributed by atoms with E-state index in [0.29, 0.717) is 11.3 Å². The SMILES string of the molecule is N#Cc1ccc(NC(=O)CO/N=C\c2ccccc2Br)cc1. The van der Waals surface area contributed by atoms with Gasteiger partial charge in [-0.2, -0.15) is 5.26 Å². The van der Waals surface area contributed by atoms with E-state index in [2.05, 4.69) is 26.4 Å². The summed E-state index contributed by atoms with van der Waals surface area (Å²) in [6, 6.07) is 16.1. The molecule has 6 heteroatoms. The van der Waals surface area contributed by atoms with E-state index in [1.807, 2.05) is 30.3 Å². The molecule has 0 saturated heterocycles. The van der Waals surface area contributed by atoms with Crippen molar-refractivity contribution in [2.45, 2.75) is 0 Å². The summed E-state index contributed by atoms with van der Waals surface area (Å²) in [5.74, 6) is -0.325. The monoisotopic (exact) mass is 357 g/mol. The second kappa shape index (κ2) is 7.96. The Hall–Kier alpha value is -2.65. The first kappa shape index (κ1) is 15.7. The largest absolute Gasteiger partial charge is 0.386 e. The van der Waals surface area contributed by atoms with Crippen LogP contribution in [-0.4, -0.2) is 18.7 Å². The number of nitrogens with one attached hydrogen (secondary N) is 1. The van der Waals surface area contributed by atoms with Crippen molar-refractivity contribution in [1.29, 1.82) is 5.26 Å². The van der Waals surface area contributed by atoms with E-state index in [9.17, 15) is 4.79 Å². The molecule has 0 aliphatic heterocycles. The summed E-state index contributed by atoms with van der Waals surface area (Å²) in [6.07, 6.45) is 1.53. The first-order valence-electron chi connectivity index (χ1n) is 6.39. The van der Waals surface area contributed by atoms with Crippen LogP contribution in [0, 0.1) is 11.3 Å². The maximum absolute atomic E-state index is 11.7. The Balaban J connectivity index is 1.80. The van der Waals surface area contributed by atoms with Gasteiger partial charge >= 0.3 is 0 Å². The number of anilines is 1. The molecule has 0 fully saturated rings. The Morgan fingerprint density at radius 3 is 2.68 bits per heavy atom. The van der Waals surface area contributed by atoms with E-state index in [0.717, 1.165) is 10.0 Å². The van der Waals surface area contributed by atoms with Gasteiger partial charge < -0.3 is 10.2 Å². The van der Waals surface area contributed by atoms with Crippen molar-refractivity contribution in [3.05, 3.63) is 64.1 Å². The third kappa shape index (κ3) is 4.72. The molecule has 0 spiro atoms. The van der Waals surface area contributed by atoms with Gasteiger partial charge in [0.25, 0.3) is 5.91 Å². The highest BCUT2D eigenvalue weighted by Gasteiger charge is 2.02. The number of oxime groups is 1. The van der Waals surface area contributed by atoms with Gasteiger partial charge in [0, 0.05) is 15.7 Å². The number of rotatable bonds is 5. The molecule has 5 nitrogen and oxygen atoms in total. The maximum Gasteiger partial charge on any atom is 0.265 e. The number of benzene rings is 2. The molecule has 0 aliphatic carbocycles. The van der Waals surface area contributed by atoms with E-state index in [1.165, 1.54) is 6.21 Å². The number of halogens is 1. The van der Waals surface area contributed by atoms with Crippen LogP contribution in [0.1, 0.15) is 11.1 Å². The Kier molecular flexibility index (Phi) is 5.69. The van der Waals surface area contributed by atoms with Gasteiger partial charge in [0.1, 0.15) is 0 Å². The van der Waals surface area contributed by atoms with Gasteiger partial charge in [-0.1, -0.05) is 39.3 Å². The lowest BCUT2D eigenvalue weighted by atomic mass is 10.2. The first-order valence-corrected chi connectivity index (χ1v) is 7.18. The summed E-state index contributed by atoms with van der Waals surface area (Å²) >= 11 is 3.38. The summed E-state index contributed by atoms with van der Waals surface area (Å²) in [5.41, 5.74) is 1.99. The number of nitrogens with zero attached hydrogens (tertiary/aromatic N) is 2. The number of carbonyl (C=O) groups excluding carboxylic acids is 1. The zero-order chi connectivity index (χ0) is 15.8. The normalized spacial score (nSPS) is 10.2. The van der Waals surface area contributed by atoms with Gasteiger partial charge in [0.15, 0.2) is 6.61 Å². The van der Waals surface area contributed by atoms with E-state index >= 15 is 0 Å². The lowest BCUT2D eigenvalue weighted by molar-refractivity contribution is -0.120. The highest BCUT2D eigenvalue weighted by Crippen LogP contribution is 2.13. The van der Waals surface area contributed by atoms with Crippen LogP contribution < -0.4 is 5.32 Å². The molecule has 22 heavy (non-hydrogen) atoms. The zero-order valence-electron chi connectivity index (χ0n) is 11.5. The summed E-state index contributed by atoms with van der Waals surface area (Å²) in [5, 5.41) is 15.1. The standard InChI is InChI=1S/C16H12BrN3O2/c17-15-4-2-1-3-13(15)10-19-22-11-16(21)20-14-7-5-12(9-18)6-8-14/h1-8,10H,11H2,(H,20,21)/b19-10-. The molecule has 2 aromatic rings. The predicted molar refractivity (Wildman–Crippen MR) is 87.5 cm³/mol. The fraction of sp³-hybridized carbons (Fsp3) is 0.0625. The summed E-state index contributed by atoms with van der Waals surface area (Å²) in [6.45, 7) is -0.193. The van der Waals surface area contributed by atoms with Crippen LogP contribution in [0.2, 0.25) is 0 Å². The highest BCUT2D eigenvalue weighted by atomic mass is 79.9. The Morgan fingerprint density at radius 2 is 2.00 bits per heavy atom. The van der Waals surface area contributed by atoms with Crippen molar-refractivity contribution in [2.24, 2.45) is 5.16 Å². The molecule has 0 radical (unpaired) electrons. The van der Waals surface area contributed by atoms with E-state index in [4.69, 9.17) is 10.1 Å². The topological polar surface area (TPSA) is 74.5 Å². The molecule has 0 aromatic heterocycles. The zero-order valence-corrected chi connectivity index (χ0v) is 13.1. The third-order valence-electron chi connectivity index (χ3n) is 2.66. The van der Waals surface area contributed by atoms with Crippen LogP contribution >= 0.6 is 15.9 Å². The van der Waals surface area contributed by atoms with Crippen LogP contribution in [0.3, 0.4) is 0 Å². The predicted octanol–water partition coefficient (Wildman–Crippen LogP) is 3.31. The molecule has 0 unspecified atom stereocenters. The van der Waals surface area contributed by atoms with Crippen molar-refractivity contribution in [2.75, 3.05) is 11.9 Å². The molecular weight excluding hydrogens is 346 g/mol. The number of hydrogen-bond donors (Lipinski definition) is 1. The number of amides is 1. The van der Waals surface area contributed by atoms with Gasteiger partial charge in [-0.05, 0) is 30.3 Å². The third-order valence-corrected chi connectivity index (χ3v) is 3.39. The molecule has 2 rings (SSSR count). The molecule has 2 aromatic carbocycles. The fourth-order valence-corrected chi connectivity index (χ4v) is 1.98. The highest BCUT2D eigenvalue weighted by molar-refractivity contribution is 9.10. The van der Waals surface area contributed by atoms with Gasteiger partial charge in [-0.3, -0.25) is 4.79 Å².